The fraction of sp³-hybridized carbons (Fsp3) is 0.304. The van der Waals surface area contributed by atoms with Crippen LogP contribution in [0.1, 0.15) is 124 Å². The first-order chi connectivity index (χ1) is 23.5. The van der Waals surface area contributed by atoms with Crippen LogP contribution >= 0.6 is 0 Å². The molecule has 0 saturated carbocycles. The van der Waals surface area contributed by atoms with Crippen molar-refractivity contribution in [2.45, 2.75) is 92.9 Å². The van der Waals surface area contributed by atoms with Crippen molar-refractivity contribution in [3.05, 3.63) is 160 Å². The number of hydrogen-bond acceptors (Lipinski definition) is 2. The van der Waals surface area contributed by atoms with Crippen molar-refractivity contribution in [1.29, 1.82) is 0 Å². The summed E-state index contributed by atoms with van der Waals surface area (Å²) in [5, 5.41) is 0. The van der Waals surface area contributed by atoms with E-state index in [4.69, 9.17) is 9.98 Å². The van der Waals surface area contributed by atoms with Gasteiger partial charge in [0.05, 0.1) is 11.4 Å². The van der Waals surface area contributed by atoms with Gasteiger partial charge in [0.15, 0.2) is 0 Å². The number of rotatable bonds is 9. The number of para-hydroxylation sites is 3. The quantitative estimate of drug-likeness (QED) is 0.116. The highest BCUT2D eigenvalue weighted by atomic mass is 15.2. The van der Waals surface area contributed by atoms with Gasteiger partial charge in [-0.2, -0.15) is 0 Å². The average Bonchev–Trinajstić information content (AvgIpc) is 3.08. The number of amidine groups is 2. The predicted octanol–water partition coefficient (Wildman–Crippen LogP) is 13.2. The minimum Gasteiger partial charge on any atom is -0.278 e. The van der Waals surface area contributed by atoms with E-state index in [2.05, 4.69) is 189 Å². The topological polar surface area (TPSA) is 28.0 Å². The van der Waals surface area contributed by atoms with Crippen LogP contribution in [0.4, 0.5) is 17.1 Å². The van der Waals surface area contributed by atoms with E-state index in [9.17, 15) is 0 Å². The zero-order valence-electron chi connectivity index (χ0n) is 31.1. The third kappa shape index (κ3) is 8.11. The zero-order chi connectivity index (χ0) is 35.2. The van der Waals surface area contributed by atoms with Crippen LogP contribution in [0.25, 0.3) is 0 Å². The Bertz CT molecular complexity index is 1730. The summed E-state index contributed by atoms with van der Waals surface area (Å²) >= 11 is 0. The van der Waals surface area contributed by atoms with Crippen LogP contribution < -0.4 is 4.90 Å². The second kappa shape index (κ2) is 15.6. The summed E-state index contributed by atoms with van der Waals surface area (Å²) in [5.74, 6) is 2.90. The summed E-state index contributed by atoms with van der Waals surface area (Å²) in [4.78, 5) is 13.8. The molecule has 0 unspecified atom stereocenters. The van der Waals surface area contributed by atoms with Gasteiger partial charge in [0, 0.05) is 16.8 Å². The number of aliphatic imine (C=N–C) groups is 2. The van der Waals surface area contributed by atoms with Crippen molar-refractivity contribution in [1.82, 2.24) is 0 Å². The number of benzene rings is 5. The van der Waals surface area contributed by atoms with E-state index in [-0.39, 0.29) is 0 Å². The lowest BCUT2D eigenvalue weighted by Gasteiger charge is -2.30. The molecule has 0 aliphatic carbocycles. The normalized spacial score (nSPS) is 12.4. The Kier molecular flexibility index (Phi) is 11.3. The van der Waals surface area contributed by atoms with Crippen LogP contribution in [0, 0.1) is 13.8 Å². The second-order valence-electron chi connectivity index (χ2n) is 14.5. The molecule has 0 radical (unpaired) electrons. The first kappa shape index (κ1) is 35.5. The summed E-state index contributed by atoms with van der Waals surface area (Å²) in [5.41, 5.74) is 12.5. The Morgan fingerprint density at radius 2 is 0.735 bits per heavy atom. The molecule has 0 aliphatic rings. The van der Waals surface area contributed by atoms with E-state index in [1.165, 1.54) is 33.4 Å². The minimum atomic E-state index is 0.304. The van der Waals surface area contributed by atoms with E-state index < -0.39 is 0 Å². The molecular weight excluding hydrogens is 595 g/mol. The predicted molar refractivity (Wildman–Crippen MR) is 213 cm³/mol. The number of nitrogens with zero attached hydrogens (tertiary/aromatic N) is 3. The van der Waals surface area contributed by atoms with E-state index in [0.29, 0.717) is 23.7 Å². The first-order valence-corrected chi connectivity index (χ1v) is 17.9. The molecule has 0 bridgehead atoms. The van der Waals surface area contributed by atoms with Gasteiger partial charge in [-0.25, -0.2) is 9.98 Å². The Hall–Kier alpha value is -4.76. The molecule has 3 heteroatoms. The summed E-state index contributed by atoms with van der Waals surface area (Å²) in [7, 11) is 0. The van der Waals surface area contributed by atoms with Crippen LogP contribution in [0.5, 0.6) is 0 Å². The third-order valence-electron chi connectivity index (χ3n) is 9.18. The van der Waals surface area contributed by atoms with Gasteiger partial charge in [0.2, 0.25) is 0 Å². The number of aryl methyl sites for hydroxylation is 2. The maximum absolute atomic E-state index is 5.76. The van der Waals surface area contributed by atoms with Crippen molar-refractivity contribution in [2.75, 3.05) is 4.90 Å². The molecule has 0 heterocycles. The fourth-order valence-electron chi connectivity index (χ4n) is 6.31. The van der Waals surface area contributed by atoms with Gasteiger partial charge in [-0.1, -0.05) is 170 Å². The van der Waals surface area contributed by atoms with Crippen LogP contribution in [0.3, 0.4) is 0 Å². The molecule has 0 aromatic heterocycles. The number of anilines is 1. The molecule has 5 rings (SSSR count). The molecule has 5 aromatic carbocycles. The van der Waals surface area contributed by atoms with Gasteiger partial charge in [-0.15, -0.1) is 0 Å². The van der Waals surface area contributed by atoms with Crippen LogP contribution in [-0.2, 0) is 0 Å². The first-order valence-electron chi connectivity index (χ1n) is 17.9. The summed E-state index contributed by atoms with van der Waals surface area (Å²) in [6, 6.07) is 41.4. The largest absolute Gasteiger partial charge is 0.278 e. The zero-order valence-corrected chi connectivity index (χ0v) is 31.1. The fourth-order valence-corrected chi connectivity index (χ4v) is 6.31. The standard InChI is InChI=1S/C46H53N3/c1-30(2)39-18-14-19-40(31(3)4)43(39)47-45(36-26-22-34(9)23-27-36)49(38-16-12-11-13-17-38)46(37-28-24-35(10)25-29-37)48-44-41(32(5)6)20-15-21-42(44)33(7)8/h11-33H,1-10H3/b47-45+,48-46+. The smallest absolute Gasteiger partial charge is 0.146 e. The highest BCUT2D eigenvalue weighted by Gasteiger charge is 2.26. The molecule has 0 aliphatic heterocycles. The van der Waals surface area contributed by atoms with Gasteiger partial charge in [0.1, 0.15) is 11.7 Å². The van der Waals surface area contributed by atoms with E-state index in [0.717, 1.165) is 39.9 Å². The molecular formula is C46H53N3. The molecule has 0 spiro atoms. The Morgan fingerprint density at radius 3 is 1.04 bits per heavy atom. The lowest BCUT2D eigenvalue weighted by Crippen LogP contribution is -2.38. The SMILES string of the molecule is Cc1ccc(/C(=N\c2c(C(C)C)cccc2C(C)C)N(/C(=N/c2c(C(C)C)cccc2C(C)C)c2ccc(C)cc2)c2ccccc2)cc1. The van der Waals surface area contributed by atoms with E-state index in [1.54, 1.807) is 0 Å². The van der Waals surface area contributed by atoms with Crippen molar-refractivity contribution in [2.24, 2.45) is 9.98 Å². The van der Waals surface area contributed by atoms with E-state index >= 15 is 0 Å². The third-order valence-corrected chi connectivity index (χ3v) is 9.18. The van der Waals surface area contributed by atoms with Crippen LogP contribution in [0.2, 0.25) is 0 Å². The Labute approximate surface area is 295 Å². The molecule has 0 fully saturated rings. The molecule has 0 amide bonds. The maximum atomic E-state index is 5.76. The summed E-state index contributed by atoms with van der Waals surface area (Å²) < 4.78 is 0. The van der Waals surface area contributed by atoms with Crippen LogP contribution in [-0.4, -0.2) is 11.7 Å². The molecule has 49 heavy (non-hydrogen) atoms. The van der Waals surface area contributed by atoms with Gasteiger partial charge in [0.25, 0.3) is 0 Å². The van der Waals surface area contributed by atoms with E-state index in [1.807, 2.05) is 0 Å². The van der Waals surface area contributed by atoms with Crippen molar-refractivity contribution in [3.63, 3.8) is 0 Å². The van der Waals surface area contributed by atoms with Gasteiger partial charge in [-0.3, -0.25) is 4.90 Å². The lowest BCUT2D eigenvalue weighted by molar-refractivity contribution is 0.834. The van der Waals surface area contributed by atoms with Crippen molar-refractivity contribution in [3.8, 4) is 0 Å². The van der Waals surface area contributed by atoms with Gasteiger partial charge >= 0.3 is 0 Å². The minimum absolute atomic E-state index is 0.304. The molecule has 0 saturated heterocycles. The average molecular weight is 648 g/mol. The molecule has 252 valence electrons. The molecule has 0 N–H and O–H groups in total. The number of hydrogen-bond donors (Lipinski definition) is 0. The van der Waals surface area contributed by atoms with Crippen molar-refractivity contribution < 1.29 is 0 Å². The second-order valence-corrected chi connectivity index (χ2v) is 14.5. The Morgan fingerprint density at radius 1 is 0.408 bits per heavy atom. The maximum Gasteiger partial charge on any atom is 0.146 e. The lowest BCUT2D eigenvalue weighted by atomic mass is 9.92. The van der Waals surface area contributed by atoms with Crippen LogP contribution in [0.15, 0.2) is 125 Å². The molecule has 3 nitrogen and oxygen atoms in total. The molecule has 0 atom stereocenters. The highest BCUT2D eigenvalue weighted by molar-refractivity contribution is 6.30. The molecule has 5 aromatic rings. The Balaban J connectivity index is 1.97. The van der Waals surface area contributed by atoms with Gasteiger partial charge < -0.3 is 0 Å². The van der Waals surface area contributed by atoms with Crippen molar-refractivity contribution >= 4 is 28.7 Å². The monoisotopic (exact) mass is 647 g/mol. The van der Waals surface area contributed by atoms with Gasteiger partial charge in [-0.05, 0) is 71.9 Å². The summed E-state index contributed by atoms with van der Waals surface area (Å²) in [6.45, 7) is 22.3. The summed E-state index contributed by atoms with van der Waals surface area (Å²) in [6.07, 6.45) is 0. The highest BCUT2D eigenvalue weighted by Crippen LogP contribution is 2.38.